The van der Waals surface area contributed by atoms with Gasteiger partial charge in [-0.15, -0.1) is 0 Å². The number of piperazine rings is 2. The summed E-state index contributed by atoms with van der Waals surface area (Å²) in [6.07, 6.45) is -0.339. The van der Waals surface area contributed by atoms with Gasteiger partial charge in [-0.2, -0.15) is 0 Å². The van der Waals surface area contributed by atoms with Crippen LogP contribution in [-0.2, 0) is 4.74 Å². The summed E-state index contributed by atoms with van der Waals surface area (Å²) in [5, 5.41) is 0. The van der Waals surface area contributed by atoms with Gasteiger partial charge in [-0.3, -0.25) is 9.59 Å². The molecule has 2 aliphatic rings. The van der Waals surface area contributed by atoms with Crippen LogP contribution < -0.4 is 0 Å². The number of likely N-dealkylation sites (N-methyl/N-ethyl adjacent to an activating group) is 1. The van der Waals surface area contributed by atoms with Crippen molar-refractivity contribution >= 4 is 17.9 Å². The Bertz CT molecular complexity index is 723. The predicted molar refractivity (Wildman–Crippen MR) is 104 cm³/mol. The zero-order chi connectivity index (χ0) is 20.1. The number of ether oxygens (including phenoxy) is 1. The summed E-state index contributed by atoms with van der Waals surface area (Å²) >= 11 is 0. The molecule has 0 aromatic heterocycles. The first-order valence-corrected chi connectivity index (χ1v) is 9.78. The molecule has 2 heterocycles. The lowest BCUT2D eigenvalue weighted by molar-refractivity contribution is 0.0570. The SMILES string of the molecule is CCOC(=O)N1CCN(C(=O)c2cccc(C(=O)N3CCN(C)CC3)c2)CC1. The van der Waals surface area contributed by atoms with Gasteiger partial charge in [0.1, 0.15) is 0 Å². The summed E-state index contributed by atoms with van der Waals surface area (Å²) < 4.78 is 5.01. The predicted octanol–water partition coefficient (Wildman–Crippen LogP) is 0.989. The molecule has 2 fully saturated rings. The zero-order valence-corrected chi connectivity index (χ0v) is 16.6. The van der Waals surface area contributed by atoms with Crippen molar-refractivity contribution in [2.24, 2.45) is 0 Å². The third kappa shape index (κ3) is 4.62. The first kappa shape index (κ1) is 20.1. The zero-order valence-electron chi connectivity index (χ0n) is 16.6. The van der Waals surface area contributed by atoms with Crippen LogP contribution in [0.5, 0.6) is 0 Å². The maximum absolute atomic E-state index is 12.9. The van der Waals surface area contributed by atoms with Crippen LogP contribution in [0.3, 0.4) is 0 Å². The summed E-state index contributed by atoms with van der Waals surface area (Å²) in [5.74, 6) is -0.147. The van der Waals surface area contributed by atoms with E-state index in [-0.39, 0.29) is 17.9 Å². The van der Waals surface area contributed by atoms with E-state index in [0.717, 1.165) is 13.1 Å². The highest BCUT2D eigenvalue weighted by molar-refractivity contribution is 5.99. The lowest BCUT2D eigenvalue weighted by Crippen LogP contribution is -2.50. The van der Waals surface area contributed by atoms with Crippen molar-refractivity contribution in [2.45, 2.75) is 6.92 Å². The Hall–Kier alpha value is -2.61. The summed E-state index contributed by atoms with van der Waals surface area (Å²) in [6.45, 7) is 7.02. The molecule has 0 aliphatic carbocycles. The molecule has 2 saturated heterocycles. The minimum absolute atomic E-state index is 0.0325. The summed E-state index contributed by atoms with van der Waals surface area (Å²) in [5.41, 5.74) is 1.05. The number of benzene rings is 1. The molecule has 1 aromatic carbocycles. The van der Waals surface area contributed by atoms with E-state index < -0.39 is 0 Å². The fraction of sp³-hybridized carbons (Fsp3) is 0.550. The van der Waals surface area contributed by atoms with Crippen molar-refractivity contribution in [1.82, 2.24) is 19.6 Å². The van der Waals surface area contributed by atoms with Crippen molar-refractivity contribution in [1.29, 1.82) is 0 Å². The smallest absolute Gasteiger partial charge is 0.409 e. The molecule has 3 rings (SSSR count). The number of carbonyl (C=O) groups is 3. The standard InChI is InChI=1S/C20H28N4O4/c1-3-28-20(27)24-13-11-23(12-14-24)19(26)17-6-4-5-16(15-17)18(25)22-9-7-21(2)8-10-22/h4-6,15H,3,7-14H2,1-2H3. The molecule has 1 aromatic rings. The molecule has 0 saturated carbocycles. The first-order valence-electron chi connectivity index (χ1n) is 9.78. The van der Waals surface area contributed by atoms with Gasteiger partial charge in [0.25, 0.3) is 11.8 Å². The number of nitrogens with zero attached hydrogens (tertiary/aromatic N) is 4. The Morgan fingerprint density at radius 3 is 1.79 bits per heavy atom. The van der Waals surface area contributed by atoms with Crippen LogP contribution in [-0.4, -0.2) is 104 Å². The molecular formula is C20H28N4O4. The van der Waals surface area contributed by atoms with Crippen molar-refractivity contribution in [3.05, 3.63) is 35.4 Å². The molecule has 0 radical (unpaired) electrons. The third-order valence-corrected chi connectivity index (χ3v) is 5.24. The third-order valence-electron chi connectivity index (χ3n) is 5.24. The molecule has 28 heavy (non-hydrogen) atoms. The van der Waals surface area contributed by atoms with Crippen LogP contribution in [0.4, 0.5) is 4.79 Å². The number of carbonyl (C=O) groups excluding carboxylic acids is 3. The van der Waals surface area contributed by atoms with Crippen LogP contribution in [0.25, 0.3) is 0 Å². The minimum Gasteiger partial charge on any atom is -0.450 e. The molecular weight excluding hydrogens is 360 g/mol. The Balaban J connectivity index is 1.61. The van der Waals surface area contributed by atoms with Gasteiger partial charge in [-0.1, -0.05) is 6.07 Å². The van der Waals surface area contributed by atoms with E-state index in [9.17, 15) is 14.4 Å². The molecule has 3 amide bonds. The topological polar surface area (TPSA) is 73.4 Å². The van der Waals surface area contributed by atoms with Gasteiger partial charge in [-0.05, 0) is 32.2 Å². The van der Waals surface area contributed by atoms with E-state index in [0.29, 0.717) is 57.0 Å². The second kappa shape index (κ2) is 9.05. The van der Waals surface area contributed by atoms with Gasteiger partial charge in [-0.25, -0.2) is 4.79 Å². The second-order valence-electron chi connectivity index (χ2n) is 7.15. The lowest BCUT2D eigenvalue weighted by Gasteiger charge is -2.34. The fourth-order valence-corrected chi connectivity index (χ4v) is 3.47. The van der Waals surface area contributed by atoms with E-state index >= 15 is 0 Å². The lowest BCUT2D eigenvalue weighted by atomic mass is 10.1. The van der Waals surface area contributed by atoms with E-state index in [2.05, 4.69) is 4.90 Å². The van der Waals surface area contributed by atoms with Crippen molar-refractivity contribution in [2.75, 3.05) is 66.0 Å². The maximum Gasteiger partial charge on any atom is 0.409 e. The molecule has 0 spiro atoms. The van der Waals surface area contributed by atoms with Crippen LogP contribution in [0.15, 0.2) is 24.3 Å². The monoisotopic (exact) mass is 388 g/mol. The van der Waals surface area contributed by atoms with Gasteiger partial charge in [0.2, 0.25) is 0 Å². The van der Waals surface area contributed by atoms with Gasteiger partial charge in [0.15, 0.2) is 0 Å². The second-order valence-corrected chi connectivity index (χ2v) is 7.15. The largest absolute Gasteiger partial charge is 0.450 e. The average Bonchev–Trinajstić information content (AvgIpc) is 2.73. The van der Waals surface area contributed by atoms with Gasteiger partial charge in [0.05, 0.1) is 6.61 Å². The van der Waals surface area contributed by atoms with E-state index in [1.165, 1.54) is 0 Å². The average molecular weight is 388 g/mol. The molecule has 2 aliphatic heterocycles. The normalized spacial score (nSPS) is 18.1. The Kier molecular flexibility index (Phi) is 6.51. The van der Waals surface area contributed by atoms with Crippen LogP contribution in [0.2, 0.25) is 0 Å². The molecule has 8 heteroatoms. The van der Waals surface area contributed by atoms with E-state index in [1.807, 2.05) is 11.9 Å². The van der Waals surface area contributed by atoms with Crippen molar-refractivity contribution < 1.29 is 19.1 Å². The highest BCUT2D eigenvalue weighted by atomic mass is 16.6. The minimum atomic E-state index is -0.339. The van der Waals surface area contributed by atoms with Crippen LogP contribution in [0.1, 0.15) is 27.6 Å². The van der Waals surface area contributed by atoms with E-state index in [4.69, 9.17) is 4.74 Å². The summed E-state index contributed by atoms with van der Waals surface area (Å²) in [6, 6.07) is 6.93. The van der Waals surface area contributed by atoms with E-state index in [1.54, 1.807) is 41.0 Å². The van der Waals surface area contributed by atoms with Crippen molar-refractivity contribution in [3.63, 3.8) is 0 Å². The number of hydrogen-bond acceptors (Lipinski definition) is 5. The number of amides is 3. The van der Waals surface area contributed by atoms with Crippen molar-refractivity contribution in [3.8, 4) is 0 Å². The Labute approximate surface area is 165 Å². The highest BCUT2D eigenvalue weighted by Crippen LogP contribution is 2.14. The quantitative estimate of drug-likeness (QED) is 0.772. The molecule has 152 valence electrons. The molecule has 0 unspecified atom stereocenters. The van der Waals surface area contributed by atoms with Gasteiger partial charge >= 0.3 is 6.09 Å². The Morgan fingerprint density at radius 2 is 1.29 bits per heavy atom. The highest BCUT2D eigenvalue weighted by Gasteiger charge is 2.26. The summed E-state index contributed by atoms with van der Waals surface area (Å²) in [4.78, 5) is 44.8. The van der Waals surface area contributed by atoms with Crippen LogP contribution >= 0.6 is 0 Å². The molecule has 0 bridgehead atoms. The van der Waals surface area contributed by atoms with Gasteiger partial charge in [0, 0.05) is 63.5 Å². The number of rotatable bonds is 3. The maximum atomic E-state index is 12.9. The summed E-state index contributed by atoms with van der Waals surface area (Å²) in [7, 11) is 2.04. The molecule has 0 atom stereocenters. The number of hydrogen-bond donors (Lipinski definition) is 0. The van der Waals surface area contributed by atoms with Crippen LogP contribution in [0, 0.1) is 0 Å². The molecule has 0 N–H and O–H groups in total. The Morgan fingerprint density at radius 1 is 0.821 bits per heavy atom. The first-order chi connectivity index (χ1) is 13.5. The molecule has 8 nitrogen and oxygen atoms in total. The fourth-order valence-electron chi connectivity index (χ4n) is 3.47. The van der Waals surface area contributed by atoms with Gasteiger partial charge < -0.3 is 24.3 Å².